The minimum atomic E-state index is 0.686. The molecule has 3 nitrogen and oxygen atoms in total. The van der Waals surface area contributed by atoms with E-state index in [2.05, 4.69) is 23.2 Å². The molecule has 3 N–H and O–H groups in total. The number of hydrogen-bond acceptors (Lipinski definition) is 2. The van der Waals surface area contributed by atoms with Gasteiger partial charge in [-0.25, -0.2) is 0 Å². The van der Waals surface area contributed by atoms with Gasteiger partial charge in [-0.15, -0.1) is 0 Å². The van der Waals surface area contributed by atoms with Crippen LogP contribution in [0.5, 0.6) is 0 Å². The highest BCUT2D eigenvalue weighted by atomic mass is 15.1. The molecule has 0 aliphatic rings. The summed E-state index contributed by atoms with van der Waals surface area (Å²) >= 11 is 0. The standard InChI is InChI=1S/C7H13N3/c1-2-6-5-7(3-4-8)10-9-6/h5H,2-4,8H2,1H3,(H,9,10). The Morgan fingerprint density at radius 2 is 2.50 bits per heavy atom. The summed E-state index contributed by atoms with van der Waals surface area (Å²) in [5, 5.41) is 7.00. The lowest BCUT2D eigenvalue weighted by atomic mass is 10.2. The van der Waals surface area contributed by atoms with E-state index in [9.17, 15) is 0 Å². The van der Waals surface area contributed by atoms with Crippen LogP contribution in [-0.2, 0) is 12.8 Å². The predicted molar refractivity (Wildman–Crippen MR) is 40.7 cm³/mol. The van der Waals surface area contributed by atoms with Gasteiger partial charge in [-0.2, -0.15) is 5.10 Å². The number of hydrogen-bond donors (Lipinski definition) is 2. The lowest BCUT2D eigenvalue weighted by Gasteiger charge is -1.87. The van der Waals surface area contributed by atoms with Gasteiger partial charge in [0, 0.05) is 12.1 Å². The molecule has 3 heteroatoms. The molecule has 0 saturated heterocycles. The molecular formula is C7H13N3. The summed E-state index contributed by atoms with van der Waals surface area (Å²) in [6, 6.07) is 2.06. The minimum absolute atomic E-state index is 0.686. The topological polar surface area (TPSA) is 54.7 Å². The average Bonchev–Trinajstić information content (AvgIpc) is 2.37. The lowest BCUT2D eigenvalue weighted by Crippen LogP contribution is -2.02. The largest absolute Gasteiger partial charge is 0.330 e. The van der Waals surface area contributed by atoms with E-state index in [1.807, 2.05) is 0 Å². The van der Waals surface area contributed by atoms with Crippen molar-refractivity contribution < 1.29 is 0 Å². The summed E-state index contributed by atoms with van der Waals surface area (Å²) in [6.07, 6.45) is 1.88. The highest BCUT2D eigenvalue weighted by molar-refractivity contribution is 5.08. The number of nitrogens with zero attached hydrogens (tertiary/aromatic N) is 1. The van der Waals surface area contributed by atoms with Gasteiger partial charge in [0.2, 0.25) is 0 Å². The minimum Gasteiger partial charge on any atom is -0.330 e. The zero-order chi connectivity index (χ0) is 7.40. The summed E-state index contributed by atoms with van der Waals surface area (Å²) in [7, 11) is 0. The third-order valence-electron chi connectivity index (χ3n) is 1.46. The molecule has 0 aliphatic carbocycles. The smallest absolute Gasteiger partial charge is 0.0622 e. The van der Waals surface area contributed by atoms with Crippen molar-refractivity contribution in [2.75, 3.05) is 6.54 Å². The molecule has 0 fully saturated rings. The molecule has 0 unspecified atom stereocenters. The van der Waals surface area contributed by atoms with Gasteiger partial charge in [0.25, 0.3) is 0 Å². The Balaban J connectivity index is 2.59. The third-order valence-corrected chi connectivity index (χ3v) is 1.46. The van der Waals surface area contributed by atoms with E-state index in [4.69, 9.17) is 5.73 Å². The average molecular weight is 139 g/mol. The van der Waals surface area contributed by atoms with Crippen LogP contribution in [0.2, 0.25) is 0 Å². The molecule has 56 valence electrons. The molecule has 0 aliphatic heterocycles. The van der Waals surface area contributed by atoms with E-state index in [1.54, 1.807) is 0 Å². The van der Waals surface area contributed by atoms with E-state index in [1.165, 1.54) is 0 Å². The second kappa shape index (κ2) is 3.37. The number of aryl methyl sites for hydroxylation is 1. The third kappa shape index (κ3) is 1.57. The Kier molecular flexibility index (Phi) is 2.45. The van der Waals surface area contributed by atoms with E-state index in [-0.39, 0.29) is 0 Å². The first kappa shape index (κ1) is 7.28. The number of aromatic nitrogens is 2. The molecule has 0 atom stereocenters. The van der Waals surface area contributed by atoms with Gasteiger partial charge >= 0.3 is 0 Å². The van der Waals surface area contributed by atoms with Crippen LogP contribution < -0.4 is 5.73 Å². The highest BCUT2D eigenvalue weighted by Crippen LogP contribution is 1.99. The normalized spacial score (nSPS) is 10.2. The van der Waals surface area contributed by atoms with Gasteiger partial charge in [-0.05, 0) is 19.0 Å². The van der Waals surface area contributed by atoms with Crippen LogP contribution in [0.1, 0.15) is 18.3 Å². The number of aromatic amines is 1. The lowest BCUT2D eigenvalue weighted by molar-refractivity contribution is 0.891. The number of nitrogens with one attached hydrogen (secondary N) is 1. The van der Waals surface area contributed by atoms with E-state index < -0.39 is 0 Å². The number of H-pyrrole nitrogens is 1. The van der Waals surface area contributed by atoms with E-state index in [0.29, 0.717) is 6.54 Å². The Morgan fingerprint density at radius 1 is 1.70 bits per heavy atom. The molecule has 0 aromatic carbocycles. The molecule has 0 spiro atoms. The summed E-state index contributed by atoms with van der Waals surface area (Å²) in [5.74, 6) is 0. The van der Waals surface area contributed by atoms with E-state index >= 15 is 0 Å². The van der Waals surface area contributed by atoms with Crippen molar-refractivity contribution in [2.24, 2.45) is 5.73 Å². The summed E-state index contributed by atoms with van der Waals surface area (Å²) < 4.78 is 0. The Labute approximate surface area is 60.6 Å². The maximum absolute atomic E-state index is 5.36. The quantitative estimate of drug-likeness (QED) is 0.639. The van der Waals surface area contributed by atoms with Crippen molar-refractivity contribution in [1.82, 2.24) is 10.2 Å². The van der Waals surface area contributed by atoms with Crippen molar-refractivity contribution in [2.45, 2.75) is 19.8 Å². The fourth-order valence-corrected chi connectivity index (χ4v) is 0.874. The second-order valence-corrected chi connectivity index (χ2v) is 2.28. The summed E-state index contributed by atoms with van der Waals surface area (Å²) in [5.41, 5.74) is 7.62. The number of rotatable bonds is 3. The van der Waals surface area contributed by atoms with Gasteiger partial charge < -0.3 is 5.73 Å². The number of nitrogens with two attached hydrogens (primary N) is 1. The molecular weight excluding hydrogens is 126 g/mol. The Morgan fingerprint density at radius 3 is 3.00 bits per heavy atom. The zero-order valence-corrected chi connectivity index (χ0v) is 6.22. The molecule has 1 rings (SSSR count). The molecule has 10 heavy (non-hydrogen) atoms. The molecule has 0 bridgehead atoms. The molecule has 0 saturated carbocycles. The van der Waals surface area contributed by atoms with Crippen molar-refractivity contribution in [3.8, 4) is 0 Å². The summed E-state index contributed by atoms with van der Waals surface area (Å²) in [6.45, 7) is 2.77. The first-order valence-electron chi connectivity index (χ1n) is 3.60. The van der Waals surface area contributed by atoms with Crippen molar-refractivity contribution in [3.63, 3.8) is 0 Å². The van der Waals surface area contributed by atoms with Crippen LogP contribution >= 0.6 is 0 Å². The highest BCUT2D eigenvalue weighted by Gasteiger charge is 1.95. The Hall–Kier alpha value is -0.830. The second-order valence-electron chi connectivity index (χ2n) is 2.28. The van der Waals surface area contributed by atoms with Crippen molar-refractivity contribution >= 4 is 0 Å². The van der Waals surface area contributed by atoms with Crippen LogP contribution in [-0.4, -0.2) is 16.7 Å². The maximum Gasteiger partial charge on any atom is 0.0622 e. The fourth-order valence-electron chi connectivity index (χ4n) is 0.874. The van der Waals surface area contributed by atoms with Crippen LogP contribution in [0.15, 0.2) is 6.07 Å². The van der Waals surface area contributed by atoms with Gasteiger partial charge in [0.05, 0.1) is 5.69 Å². The van der Waals surface area contributed by atoms with Crippen LogP contribution in [0.3, 0.4) is 0 Å². The van der Waals surface area contributed by atoms with Gasteiger partial charge in [0.15, 0.2) is 0 Å². The monoisotopic (exact) mass is 139 g/mol. The van der Waals surface area contributed by atoms with Gasteiger partial charge in [0.1, 0.15) is 0 Å². The summed E-state index contributed by atoms with van der Waals surface area (Å²) in [4.78, 5) is 0. The van der Waals surface area contributed by atoms with Crippen LogP contribution in [0.25, 0.3) is 0 Å². The first-order chi connectivity index (χ1) is 4.86. The van der Waals surface area contributed by atoms with Gasteiger partial charge in [-0.1, -0.05) is 6.92 Å². The predicted octanol–water partition coefficient (Wildman–Crippen LogP) is 0.473. The first-order valence-corrected chi connectivity index (χ1v) is 3.60. The molecule has 1 aromatic heterocycles. The fraction of sp³-hybridized carbons (Fsp3) is 0.571. The molecule has 1 heterocycles. The maximum atomic E-state index is 5.36. The molecule has 0 radical (unpaired) electrons. The van der Waals surface area contributed by atoms with Crippen molar-refractivity contribution in [3.05, 3.63) is 17.5 Å². The van der Waals surface area contributed by atoms with Crippen LogP contribution in [0.4, 0.5) is 0 Å². The molecule has 1 aromatic rings. The zero-order valence-electron chi connectivity index (χ0n) is 6.22. The van der Waals surface area contributed by atoms with E-state index in [0.717, 1.165) is 24.2 Å². The molecule has 0 amide bonds. The SMILES string of the molecule is CCc1cc(CCN)[nH]n1. The van der Waals surface area contributed by atoms with Gasteiger partial charge in [-0.3, -0.25) is 5.10 Å². The Bertz CT molecular complexity index is 192. The van der Waals surface area contributed by atoms with Crippen molar-refractivity contribution in [1.29, 1.82) is 0 Å². The van der Waals surface area contributed by atoms with Crippen LogP contribution in [0, 0.1) is 0 Å².